The van der Waals surface area contributed by atoms with Crippen LogP contribution in [-0.2, 0) is 24.6 Å². The summed E-state index contributed by atoms with van der Waals surface area (Å²) in [6.07, 6.45) is 4.56. The van der Waals surface area contributed by atoms with Gasteiger partial charge in [0, 0.05) is 55.3 Å². The van der Waals surface area contributed by atoms with Gasteiger partial charge in [0.05, 0.1) is 12.1 Å². The number of fused-ring (bicyclic) bond motifs is 1. The lowest BCUT2D eigenvalue weighted by Crippen LogP contribution is -2.34. The van der Waals surface area contributed by atoms with E-state index in [1.807, 2.05) is 41.6 Å². The largest absolute Gasteiger partial charge is 0.416 e. The molecule has 3 aromatic rings. The second kappa shape index (κ2) is 11.9. The molecule has 1 spiro atoms. The van der Waals surface area contributed by atoms with Crippen LogP contribution in [0.5, 0.6) is 0 Å². The summed E-state index contributed by atoms with van der Waals surface area (Å²) in [5.41, 5.74) is 1.37. The van der Waals surface area contributed by atoms with Crippen molar-refractivity contribution < 1.29 is 22.8 Å². The monoisotopic (exact) mass is 646 g/mol. The van der Waals surface area contributed by atoms with E-state index in [1.165, 1.54) is 17.0 Å². The topological polar surface area (TPSA) is 74.6 Å². The maximum atomic E-state index is 14.6. The van der Waals surface area contributed by atoms with E-state index in [2.05, 4.69) is 21.7 Å². The number of aryl methyl sites for hydroxylation is 1. The van der Waals surface area contributed by atoms with E-state index in [0.29, 0.717) is 36.8 Å². The van der Waals surface area contributed by atoms with Crippen LogP contribution in [0.4, 0.5) is 18.9 Å². The maximum Gasteiger partial charge on any atom is 0.416 e. The fourth-order valence-corrected chi connectivity index (χ4v) is 8.61. The number of carbonyl (C=O) groups excluding carboxylic acids is 2. The van der Waals surface area contributed by atoms with Gasteiger partial charge in [-0.05, 0) is 92.1 Å². The molecule has 0 unspecified atom stereocenters. The van der Waals surface area contributed by atoms with Gasteiger partial charge in [-0.3, -0.25) is 14.5 Å². The van der Waals surface area contributed by atoms with Crippen molar-refractivity contribution in [2.45, 2.75) is 70.1 Å². The number of amides is 2. The minimum atomic E-state index is -4.61. The van der Waals surface area contributed by atoms with Crippen molar-refractivity contribution >= 4 is 17.5 Å². The summed E-state index contributed by atoms with van der Waals surface area (Å²) in [5.74, 6) is 0.705. The minimum absolute atomic E-state index is 0.0196. The SMILES string of the molecule is C=CC(=O)N1CC[C@]2(CCN([C@@H](C)c3cc4c(c(C(F)(F)F)c3)CN(c3cccc([C@H](c5nncn5C)C5CCCC5)c3)C4=O)C2)C1. The molecule has 3 atom stereocenters. The Kier molecular flexibility index (Phi) is 8.01. The molecule has 0 bridgehead atoms. The van der Waals surface area contributed by atoms with Gasteiger partial charge >= 0.3 is 6.18 Å². The molecule has 248 valence electrons. The quantitative estimate of drug-likeness (QED) is 0.275. The lowest BCUT2D eigenvalue weighted by atomic mass is 9.84. The van der Waals surface area contributed by atoms with Crippen LogP contribution in [-0.4, -0.2) is 62.6 Å². The summed E-state index contributed by atoms with van der Waals surface area (Å²) >= 11 is 0. The van der Waals surface area contributed by atoms with E-state index in [-0.39, 0.29) is 41.0 Å². The van der Waals surface area contributed by atoms with Crippen LogP contribution in [0.2, 0.25) is 0 Å². The molecule has 7 rings (SSSR count). The van der Waals surface area contributed by atoms with Crippen molar-refractivity contribution in [1.82, 2.24) is 24.6 Å². The Morgan fingerprint density at radius 3 is 2.55 bits per heavy atom. The Morgan fingerprint density at radius 1 is 1.09 bits per heavy atom. The van der Waals surface area contributed by atoms with Crippen LogP contribution in [0.1, 0.15) is 95.8 Å². The fourth-order valence-electron chi connectivity index (χ4n) is 8.61. The molecule has 1 aliphatic carbocycles. The summed E-state index contributed by atoms with van der Waals surface area (Å²) in [6, 6.07) is 10.3. The number of benzene rings is 2. The Hall–Kier alpha value is -3.99. The molecule has 3 aliphatic heterocycles. The van der Waals surface area contributed by atoms with Gasteiger partial charge in [-0.25, -0.2) is 0 Å². The maximum absolute atomic E-state index is 14.6. The Balaban J connectivity index is 1.18. The Labute approximate surface area is 273 Å². The lowest BCUT2D eigenvalue weighted by molar-refractivity contribution is -0.138. The number of likely N-dealkylation sites (tertiary alicyclic amines) is 2. The first-order chi connectivity index (χ1) is 22.5. The molecule has 8 nitrogen and oxygen atoms in total. The van der Waals surface area contributed by atoms with Gasteiger partial charge in [0.25, 0.3) is 5.91 Å². The van der Waals surface area contributed by atoms with Gasteiger partial charge < -0.3 is 14.4 Å². The molecule has 3 fully saturated rings. The summed E-state index contributed by atoms with van der Waals surface area (Å²) in [6.45, 7) is 8.08. The van der Waals surface area contributed by atoms with Crippen LogP contribution in [0, 0.1) is 11.3 Å². The Morgan fingerprint density at radius 2 is 1.85 bits per heavy atom. The summed E-state index contributed by atoms with van der Waals surface area (Å²) in [4.78, 5) is 31.7. The zero-order chi connectivity index (χ0) is 33.1. The molecule has 1 aromatic heterocycles. The first kappa shape index (κ1) is 31.6. The molecule has 2 saturated heterocycles. The summed E-state index contributed by atoms with van der Waals surface area (Å²) in [7, 11) is 1.92. The van der Waals surface area contributed by atoms with Crippen molar-refractivity contribution in [2.75, 3.05) is 31.1 Å². The van der Waals surface area contributed by atoms with Crippen LogP contribution in [0.3, 0.4) is 0 Å². The minimum Gasteiger partial charge on any atom is -0.339 e. The number of alkyl halides is 3. The molecule has 1 saturated carbocycles. The highest BCUT2D eigenvalue weighted by molar-refractivity contribution is 6.10. The van der Waals surface area contributed by atoms with Crippen molar-refractivity contribution in [3.8, 4) is 0 Å². The average molecular weight is 647 g/mol. The molecule has 11 heteroatoms. The van der Waals surface area contributed by atoms with Crippen molar-refractivity contribution in [1.29, 1.82) is 0 Å². The van der Waals surface area contributed by atoms with Gasteiger partial charge in [-0.1, -0.05) is 31.6 Å². The van der Waals surface area contributed by atoms with E-state index < -0.39 is 17.6 Å². The number of halogens is 3. The van der Waals surface area contributed by atoms with E-state index in [4.69, 9.17) is 0 Å². The highest BCUT2D eigenvalue weighted by Gasteiger charge is 2.46. The predicted octanol–water partition coefficient (Wildman–Crippen LogP) is 6.49. The molecule has 2 aromatic carbocycles. The third-order valence-electron chi connectivity index (χ3n) is 11.2. The van der Waals surface area contributed by atoms with E-state index in [9.17, 15) is 22.8 Å². The second-order valence-electron chi connectivity index (χ2n) is 14.0. The number of rotatable bonds is 7. The summed E-state index contributed by atoms with van der Waals surface area (Å²) in [5, 5.41) is 8.55. The highest BCUT2D eigenvalue weighted by Crippen LogP contribution is 2.46. The molecule has 4 heterocycles. The molecule has 4 aliphatic rings. The number of carbonyl (C=O) groups is 2. The number of anilines is 1. The average Bonchev–Trinajstić information content (AvgIpc) is 3.90. The van der Waals surface area contributed by atoms with Gasteiger partial charge in [-0.2, -0.15) is 13.2 Å². The molecule has 0 N–H and O–H groups in total. The third kappa shape index (κ3) is 5.66. The standard InChI is InChI=1S/C36H41F3N6O2/c1-4-31(46)44-15-13-35(21-44)12-14-43(20-35)23(2)26-17-28-29(30(18-26)36(37,38)39)19-45(34(28)47)27-11-7-10-25(16-27)32(24-8-5-6-9-24)33-41-40-22-42(33)3/h4,7,10-11,16-18,22-24,32H,1,5-6,8-9,12-15,19-21H2,2-3H3/t23-,32+,35-/m0/s1. The molecular weight excluding hydrogens is 605 g/mol. The van der Waals surface area contributed by atoms with Crippen molar-refractivity contribution in [2.24, 2.45) is 18.4 Å². The zero-order valence-corrected chi connectivity index (χ0v) is 27.0. The van der Waals surface area contributed by atoms with Gasteiger partial charge in [0.1, 0.15) is 12.2 Å². The lowest BCUT2D eigenvalue weighted by Gasteiger charge is -2.29. The van der Waals surface area contributed by atoms with Gasteiger partial charge in [-0.15, -0.1) is 10.2 Å². The smallest absolute Gasteiger partial charge is 0.339 e. The van der Waals surface area contributed by atoms with E-state index in [0.717, 1.165) is 56.5 Å². The highest BCUT2D eigenvalue weighted by atomic mass is 19.4. The van der Waals surface area contributed by atoms with Crippen LogP contribution < -0.4 is 4.90 Å². The van der Waals surface area contributed by atoms with Crippen LogP contribution >= 0.6 is 0 Å². The van der Waals surface area contributed by atoms with E-state index >= 15 is 0 Å². The van der Waals surface area contributed by atoms with Crippen molar-refractivity contribution in [3.05, 3.63) is 89.0 Å². The number of nitrogens with zero attached hydrogens (tertiary/aromatic N) is 6. The van der Waals surface area contributed by atoms with E-state index in [1.54, 1.807) is 18.5 Å². The first-order valence-corrected chi connectivity index (χ1v) is 16.6. The number of aromatic nitrogens is 3. The molecular formula is C36H41F3N6O2. The summed E-state index contributed by atoms with van der Waals surface area (Å²) < 4.78 is 45.9. The van der Waals surface area contributed by atoms with Crippen LogP contribution in [0.25, 0.3) is 0 Å². The molecule has 2 amide bonds. The van der Waals surface area contributed by atoms with Gasteiger partial charge in [0.15, 0.2) is 0 Å². The molecule has 0 radical (unpaired) electrons. The third-order valence-corrected chi connectivity index (χ3v) is 11.2. The second-order valence-corrected chi connectivity index (χ2v) is 14.0. The predicted molar refractivity (Wildman–Crippen MR) is 172 cm³/mol. The zero-order valence-electron chi connectivity index (χ0n) is 27.0. The normalized spacial score (nSPS) is 23.2. The number of hydrogen-bond donors (Lipinski definition) is 0. The van der Waals surface area contributed by atoms with Crippen molar-refractivity contribution in [3.63, 3.8) is 0 Å². The fraction of sp³-hybridized carbons (Fsp3) is 0.500. The first-order valence-electron chi connectivity index (χ1n) is 16.6. The van der Waals surface area contributed by atoms with Gasteiger partial charge in [0.2, 0.25) is 5.91 Å². The van der Waals surface area contributed by atoms with Crippen LogP contribution in [0.15, 0.2) is 55.4 Å². The Bertz CT molecular complexity index is 1710. The number of hydrogen-bond acceptors (Lipinski definition) is 5. The molecule has 47 heavy (non-hydrogen) atoms.